The number of hydrogen-bond donors (Lipinski definition) is 2. The third-order valence-corrected chi connectivity index (χ3v) is 3.50. The lowest BCUT2D eigenvalue weighted by molar-refractivity contribution is 0.0943. The van der Waals surface area contributed by atoms with Gasteiger partial charge in [-0.1, -0.05) is 12.1 Å². The Labute approximate surface area is 113 Å². The summed E-state index contributed by atoms with van der Waals surface area (Å²) < 4.78 is 0. The summed E-state index contributed by atoms with van der Waals surface area (Å²) in [5.41, 5.74) is 1.24. The molecule has 1 aromatic carbocycles. The molecule has 4 nitrogen and oxygen atoms in total. The molecule has 0 bridgehead atoms. The average molecular weight is 260 g/mol. The molecule has 1 fully saturated rings. The molecule has 1 atom stereocenters. The molecule has 1 aliphatic heterocycles. The van der Waals surface area contributed by atoms with Crippen molar-refractivity contribution in [3.63, 3.8) is 0 Å². The van der Waals surface area contributed by atoms with Gasteiger partial charge in [-0.05, 0) is 50.9 Å². The summed E-state index contributed by atoms with van der Waals surface area (Å²) in [5.74, 6) is 0.468. The molecule has 2 rings (SSSR count). The first-order valence-corrected chi connectivity index (χ1v) is 6.77. The number of piperidine rings is 1. The van der Waals surface area contributed by atoms with Crippen molar-refractivity contribution in [3.8, 4) is 0 Å². The van der Waals surface area contributed by atoms with Crippen molar-refractivity contribution in [3.05, 3.63) is 35.4 Å². The highest BCUT2D eigenvalue weighted by molar-refractivity contribution is 5.97. The average Bonchev–Trinajstić information content (AvgIpc) is 2.46. The first-order valence-electron chi connectivity index (χ1n) is 6.77. The number of carbonyl (C=O) groups excluding carboxylic acids is 2. The molecule has 0 radical (unpaired) electrons. The van der Waals surface area contributed by atoms with Crippen molar-refractivity contribution in [1.82, 2.24) is 10.6 Å². The van der Waals surface area contributed by atoms with Crippen molar-refractivity contribution in [2.75, 3.05) is 19.6 Å². The Bertz CT molecular complexity index is 448. The van der Waals surface area contributed by atoms with E-state index < -0.39 is 0 Å². The van der Waals surface area contributed by atoms with E-state index in [-0.39, 0.29) is 11.7 Å². The zero-order valence-electron chi connectivity index (χ0n) is 11.2. The highest BCUT2D eigenvalue weighted by Crippen LogP contribution is 2.09. The van der Waals surface area contributed by atoms with E-state index in [0.29, 0.717) is 23.6 Å². The number of amides is 1. The summed E-state index contributed by atoms with van der Waals surface area (Å²) >= 11 is 0. The molecule has 1 saturated heterocycles. The molecule has 1 amide bonds. The lowest BCUT2D eigenvalue weighted by Gasteiger charge is -2.22. The van der Waals surface area contributed by atoms with Crippen LogP contribution in [0.3, 0.4) is 0 Å². The van der Waals surface area contributed by atoms with Gasteiger partial charge >= 0.3 is 0 Å². The fraction of sp³-hybridized carbons (Fsp3) is 0.467. The van der Waals surface area contributed by atoms with Gasteiger partial charge in [0.2, 0.25) is 0 Å². The molecule has 2 N–H and O–H groups in total. The van der Waals surface area contributed by atoms with E-state index in [4.69, 9.17) is 0 Å². The van der Waals surface area contributed by atoms with Crippen LogP contribution < -0.4 is 10.6 Å². The van der Waals surface area contributed by atoms with E-state index in [9.17, 15) is 9.59 Å². The summed E-state index contributed by atoms with van der Waals surface area (Å²) in [6.07, 6.45) is 2.34. The summed E-state index contributed by atoms with van der Waals surface area (Å²) in [6.45, 7) is 4.28. The van der Waals surface area contributed by atoms with Crippen LogP contribution in [0.2, 0.25) is 0 Å². The molecule has 0 saturated carbocycles. The zero-order chi connectivity index (χ0) is 13.7. The maximum absolute atomic E-state index is 12.0. The van der Waals surface area contributed by atoms with Crippen LogP contribution in [0.15, 0.2) is 24.3 Å². The van der Waals surface area contributed by atoms with Gasteiger partial charge in [0.25, 0.3) is 5.91 Å². The normalized spacial score (nSPS) is 18.9. The second kappa shape index (κ2) is 6.48. The standard InChI is InChI=1S/C15H20N2O2/c1-11(18)13-4-6-14(7-5-13)15(19)17-10-12-3-2-8-16-9-12/h4-7,12,16H,2-3,8-10H2,1H3,(H,17,19). The maximum Gasteiger partial charge on any atom is 0.251 e. The second-order valence-corrected chi connectivity index (χ2v) is 5.06. The first kappa shape index (κ1) is 13.7. The van der Waals surface area contributed by atoms with Gasteiger partial charge in [0.1, 0.15) is 0 Å². The topological polar surface area (TPSA) is 58.2 Å². The first-order chi connectivity index (χ1) is 9.16. The Morgan fingerprint density at radius 1 is 1.26 bits per heavy atom. The summed E-state index contributed by atoms with van der Waals surface area (Å²) in [7, 11) is 0. The van der Waals surface area contributed by atoms with Gasteiger partial charge < -0.3 is 10.6 Å². The lowest BCUT2D eigenvalue weighted by Crippen LogP contribution is -2.38. The Kier molecular flexibility index (Phi) is 4.68. The van der Waals surface area contributed by atoms with Gasteiger partial charge in [-0.15, -0.1) is 0 Å². The van der Waals surface area contributed by atoms with Crippen LogP contribution in [0.4, 0.5) is 0 Å². The third kappa shape index (κ3) is 3.89. The maximum atomic E-state index is 12.0. The van der Waals surface area contributed by atoms with E-state index in [0.717, 1.165) is 19.5 Å². The summed E-state index contributed by atoms with van der Waals surface area (Å²) in [4.78, 5) is 23.1. The molecule has 4 heteroatoms. The minimum absolute atomic E-state index is 0.0141. The Hall–Kier alpha value is -1.68. The fourth-order valence-corrected chi connectivity index (χ4v) is 2.29. The number of hydrogen-bond acceptors (Lipinski definition) is 3. The fourth-order valence-electron chi connectivity index (χ4n) is 2.29. The molecule has 1 unspecified atom stereocenters. The number of ketones is 1. The third-order valence-electron chi connectivity index (χ3n) is 3.50. The molecule has 19 heavy (non-hydrogen) atoms. The molecule has 1 aliphatic rings. The zero-order valence-corrected chi connectivity index (χ0v) is 11.2. The van der Waals surface area contributed by atoms with E-state index in [1.54, 1.807) is 24.3 Å². The smallest absolute Gasteiger partial charge is 0.251 e. The number of carbonyl (C=O) groups is 2. The number of Topliss-reactive ketones (excluding diaryl/α,β-unsaturated/α-hetero) is 1. The van der Waals surface area contributed by atoms with E-state index >= 15 is 0 Å². The van der Waals surface area contributed by atoms with Gasteiger partial charge in [0.05, 0.1) is 0 Å². The van der Waals surface area contributed by atoms with Crippen LogP contribution in [-0.4, -0.2) is 31.3 Å². The largest absolute Gasteiger partial charge is 0.352 e. The summed E-state index contributed by atoms with van der Waals surface area (Å²) in [6, 6.07) is 6.79. The van der Waals surface area contributed by atoms with Gasteiger partial charge in [-0.25, -0.2) is 0 Å². The molecule has 1 aromatic rings. The minimum atomic E-state index is -0.0688. The van der Waals surface area contributed by atoms with Crippen molar-refractivity contribution < 1.29 is 9.59 Å². The van der Waals surface area contributed by atoms with Crippen LogP contribution in [0.1, 0.15) is 40.5 Å². The lowest BCUT2D eigenvalue weighted by atomic mass is 9.99. The van der Waals surface area contributed by atoms with Crippen LogP contribution in [0.5, 0.6) is 0 Å². The van der Waals surface area contributed by atoms with Crippen molar-refractivity contribution in [1.29, 1.82) is 0 Å². The van der Waals surface area contributed by atoms with Crippen molar-refractivity contribution in [2.24, 2.45) is 5.92 Å². The number of benzene rings is 1. The molecule has 0 aromatic heterocycles. The summed E-state index contributed by atoms with van der Waals surface area (Å²) in [5, 5.41) is 6.28. The monoisotopic (exact) mass is 260 g/mol. The predicted molar refractivity (Wildman–Crippen MR) is 74.4 cm³/mol. The van der Waals surface area contributed by atoms with Crippen molar-refractivity contribution in [2.45, 2.75) is 19.8 Å². The highest BCUT2D eigenvalue weighted by atomic mass is 16.1. The Balaban J connectivity index is 1.86. The van der Waals surface area contributed by atoms with Gasteiger partial charge in [-0.2, -0.15) is 0 Å². The van der Waals surface area contributed by atoms with Crippen LogP contribution in [0, 0.1) is 5.92 Å². The molecule has 1 heterocycles. The quantitative estimate of drug-likeness (QED) is 0.809. The molecule has 102 valence electrons. The molecule has 0 aliphatic carbocycles. The predicted octanol–water partition coefficient (Wildman–Crippen LogP) is 1.62. The second-order valence-electron chi connectivity index (χ2n) is 5.06. The van der Waals surface area contributed by atoms with E-state index in [1.807, 2.05) is 0 Å². The van der Waals surface area contributed by atoms with E-state index in [2.05, 4.69) is 10.6 Å². The van der Waals surface area contributed by atoms with Crippen LogP contribution in [-0.2, 0) is 0 Å². The Morgan fingerprint density at radius 2 is 1.95 bits per heavy atom. The number of rotatable bonds is 4. The van der Waals surface area contributed by atoms with E-state index in [1.165, 1.54) is 13.3 Å². The minimum Gasteiger partial charge on any atom is -0.352 e. The van der Waals surface area contributed by atoms with Gasteiger partial charge in [0.15, 0.2) is 5.78 Å². The molecule has 0 spiro atoms. The van der Waals surface area contributed by atoms with Crippen LogP contribution in [0.25, 0.3) is 0 Å². The van der Waals surface area contributed by atoms with Crippen LogP contribution >= 0.6 is 0 Å². The highest BCUT2D eigenvalue weighted by Gasteiger charge is 2.14. The Morgan fingerprint density at radius 3 is 2.53 bits per heavy atom. The van der Waals surface area contributed by atoms with Gasteiger partial charge in [-0.3, -0.25) is 9.59 Å². The molecular formula is C15H20N2O2. The number of nitrogens with one attached hydrogen (secondary N) is 2. The molecular weight excluding hydrogens is 240 g/mol. The SMILES string of the molecule is CC(=O)c1ccc(C(=O)NCC2CCCNC2)cc1. The van der Waals surface area contributed by atoms with Crippen molar-refractivity contribution >= 4 is 11.7 Å². The van der Waals surface area contributed by atoms with Gasteiger partial charge in [0, 0.05) is 17.7 Å².